The topological polar surface area (TPSA) is 12.0 Å². The lowest BCUT2D eigenvalue weighted by atomic mass is 9.89. The predicted octanol–water partition coefficient (Wildman–Crippen LogP) is 5.54. The fourth-order valence-corrected chi connectivity index (χ4v) is 4.48. The molecule has 118 valence electrons. The SMILES string of the molecule is CC(C)C1CCCC(N[C@H](C)C2CCCCCC2)CC1. The van der Waals surface area contributed by atoms with Crippen molar-refractivity contribution < 1.29 is 0 Å². The van der Waals surface area contributed by atoms with Gasteiger partial charge < -0.3 is 5.32 Å². The number of nitrogens with one attached hydrogen (secondary N) is 1. The highest BCUT2D eigenvalue weighted by molar-refractivity contribution is 4.82. The Morgan fingerprint density at radius 1 is 0.650 bits per heavy atom. The van der Waals surface area contributed by atoms with Crippen LogP contribution in [-0.4, -0.2) is 12.1 Å². The van der Waals surface area contributed by atoms with E-state index in [1.54, 1.807) is 0 Å². The van der Waals surface area contributed by atoms with Gasteiger partial charge in [0, 0.05) is 12.1 Å². The van der Waals surface area contributed by atoms with Gasteiger partial charge in [0.2, 0.25) is 0 Å². The van der Waals surface area contributed by atoms with E-state index in [1.165, 1.54) is 70.6 Å². The van der Waals surface area contributed by atoms with Gasteiger partial charge in [0.15, 0.2) is 0 Å². The average Bonchev–Trinajstić information content (AvgIpc) is 2.80. The van der Waals surface area contributed by atoms with Crippen LogP contribution in [0.25, 0.3) is 0 Å². The van der Waals surface area contributed by atoms with E-state index in [9.17, 15) is 0 Å². The monoisotopic (exact) mass is 279 g/mol. The minimum atomic E-state index is 0.744. The van der Waals surface area contributed by atoms with Crippen LogP contribution in [0.3, 0.4) is 0 Å². The Hall–Kier alpha value is -0.0400. The molecule has 0 amide bonds. The molecule has 0 aromatic rings. The molecule has 2 aliphatic carbocycles. The third-order valence-corrected chi connectivity index (χ3v) is 6.06. The Labute approximate surface area is 127 Å². The summed E-state index contributed by atoms with van der Waals surface area (Å²) in [5.74, 6) is 2.81. The summed E-state index contributed by atoms with van der Waals surface area (Å²) in [6, 6.07) is 1.55. The third kappa shape index (κ3) is 5.06. The van der Waals surface area contributed by atoms with Gasteiger partial charge in [-0.1, -0.05) is 52.4 Å². The first-order valence-corrected chi connectivity index (χ1v) is 9.43. The molecule has 0 radical (unpaired) electrons. The van der Waals surface area contributed by atoms with Crippen LogP contribution < -0.4 is 5.32 Å². The number of rotatable bonds is 4. The highest BCUT2D eigenvalue weighted by atomic mass is 14.9. The Bertz CT molecular complexity index is 252. The van der Waals surface area contributed by atoms with Crippen molar-refractivity contribution in [3.8, 4) is 0 Å². The van der Waals surface area contributed by atoms with Crippen LogP contribution >= 0.6 is 0 Å². The molecular formula is C19H37N. The van der Waals surface area contributed by atoms with Crippen LogP contribution in [0, 0.1) is 17.8 Å². The van der Waals surface area contributed by atoms with E-state index >= 15 is 0 Å². The van der Waals surface area contributed by atoms with Crippen LogP contribution in [0.1, 0.15) is 91.4 Å². The van der Waals surface area contributed by atoms with E-state index < -0.39 is 0 Å². The molecule has 2 saturated carbocycles. The van der Waals surface area contributed by atoms with Crippen LogP contribution in [0.15, 0.2) is 0 Å². The molecule has 1 N–H and O–H groups in total. The molecule has 2 unspecified atom stereocenters. The molecule has 2 aliphatic rings. The lowest BCUT2D eigenvalue weighted by Crippen LogP contribution is -2.40. The van der Waals surface area contributed by atoms with Crippen molar-refractivity contribution in [1.82, 2.24) is 5.32 Å². The van der Waals surface area contributed by atoms with Crippen molar-refractivity contribution in [3.05, 3.63) is 0 Å². The maximum atomic E-state index is 4.02. The van der Waals surface area contributed by atoms with Crippen molar-refractivity contribution in [2.45, 2.75) is 103 Å². The summed E-state index contributed by atoms with van der Waals surface area (Å²) >= 11 is 0. The highest BCUT2D eigenvalue weighted by Gasteiger charge is 2.24. The molecule has 1 heteroatoms. The highest BCUT2D eigenvalue weighted by Crippen LogP contribution is 2.30. The minimum Gasteiger partial charge on any atom is -0.311 e. The molecule has 2 rings (SSSR count). The first-order chi connectivity index (χ1) is 9.66. The molecule has 0 bridgehead atoms. The zero-order valence-corrected chi connectivity index (χ0v) is 14.2. The molecule has 20 heavy (non-hydrogen) atoms. The second kappa shape index (κ2) is 8.41. The van der Waals surface area contributed by atoms with Gasteiger partial charge in [0.1, 0.15) is 0 Å². The third-order valence-electron chi connectivity index (χ3n) is 6.06. The van der Waals surface area contributed by atoms with Crippen LogP contribution in [-0.2, 0) is 0 Å². The summed E-state index contributed by atoms with van der Waals surface area (Å²) in [5.41, 5.74) is 0. The molecule has 0 saturated heterocycles. The van der Waals surface area contributed by atoms with Gasteiger partial charge in [-0.05, 0) is 56.8 Å². The summed E-state index contributed by atoms with van der Waals surface area (Å²) < 4.78 is 0. The van der Waals surface area contributed by atoms with Gasteiger partial charge in [0.25, 0.3) is 0 Å². The summed E-state index contributed by atoms with van der Waals surface area (Å²) in [7, 11) is 0. The average molecular weight is 280 g/mol. The summed E-state index contributed by atoms with van der Waals surface area (Å²) in [4.78, 5) is 0. The van der Waals surface area contributed by atoms with Gasteiger partial charge in [0.05, 0.1) is 0 Å². The molecule has 0 aliphatic heterocycles. The molecule has 0 heterocycles. The molecule has 3 atom stereocenters. The Morgan fingerprint density at radius 2 is 1.30 bits per heavy atom. The Balaban J connectivity index is 1.77. The second-order valence-corrected chi connectivity index (χ2v) is 7.92. The minimum absolute atomic E-state index is 0.744. The number of hydrogen-bond donors (Lipinski definition) is 1. The van der Waals surface area contributed by atoms with E-state index in [0.29, 0.717) is 0 Å². The molecule has 0 aromatic heterocycles. The second-order valence-electron chi connectivity index (χ2n) is 7.92. The predicted molar refractivity (Wildman–Crippen MR) is 89.0 cm³/mol. The van der Waals surface area contributed by atoms with E-state index in [-0.39, 0.29) is 0 Å². The largest absolute Gasteiger partial charge is 0.311 e. The van der Waals surface area contributed by atoms with E-state index in [0.717, 1.165) is 29.8 Å². The van der Waals surface area contributed by atoms with Gasteiger partial charge in [-0.3, -0.25) is 0 Å². The normalized spacial score (nSPS) is 31.8. The number of hydrogen-bond acceptors (Lipinski definition) is 1. The molecule has 0 spiro atoms. The molecular weight excluding hydrogens is 242 g/mol. The summed E-state index contributed by atoms with van der Waals surface area (Å²) in [6.45, 7) is 7.28. The standard InChI is InChI=1S/C19H37N/c1-15(2)17-11-8-12-19(14-13-17)20-16(3)18-9-6-4-5-7-10-18/h15-20H,4-14H2,1-3H3/t16-,17?,19?/m1/s1. The summed E-state index contributed by atoms with van der Waals surface area (Å²) in [5, 5.41) is 4.02. The fourth-order valence-electron chi connectivity index (χ4n) is 4.48. The van der Waals surface area contributed by atoms with Crippen molar-refractivity contribution in [3.63, 3.8) is 0 Å². The maximum Gasteiger partial charge on any atom is 0.00697 e. The van der Waals surface area contributed by atoms with E-state index in [2.05, 4.69) is 26.1 Å². The Kier molecular flexibility index (Phi) is 6.87. The first-order valence-electron chi connectivity index (χ1n) is 9.43. The smallest absolute Gasteiger partial charge is 0.00697 e. The first kappa shape index (κ1) is 16.3. The van der Waals surface area contributed by atoms with E-state index in [4.69, 9.17) is 0 Å². The van der Waals surface area contributed by atoms with Gasteiger partial charge in [-0.2, -0.15) is 0 Å². The molecule has 2 fully saturated rings. The molecule has 1 nitrogen and oxygen atoms in total. The van der Waals surface area contributed by atoms with Crippen LogP contribution in [0.5, 0.6) is 0 Å². The van der Waals surface area contributed by atoms with Gasteiger partial charge in [-0.25, -0.2) is 0 Å². The van der Waals surface area contributed by atoms with Crippen molar-refractivity contribution in [2.75, 3.05) is 0 Å². The van der Waals surface area contributed by atoms with Crippen molar-refractivity contribution in [1.29, 1.82) is 0 Å². The summed E-state index contributed by atoms with van der Waals surface area (Å²) in [6.07, 6.45) is 16.0. The lowest BCUT2D eigenvalue weighted by Gasteiger charge is -2.28. The Morgan fingerprint density at radius 3 is 1.95 bits per heavy atom. The molecule has 0 aromatic carbocycles. The van der Waals surface area contributed by atoms with Crippen molar-refractivity contribution >= 4 is 0 Å². The van der Waals surface area contributed by atoms with Crippen LogP contribution in [0.4, 0.5) is 0 Å². The van der Waals surface area contributed by atoms with Gasteiger partial charge >= 0.3 is 0 Å². The quantitative estimate of drug-likeness (QED) is 0.666. The van der Waals surface area contributed by atoms with Crippen molar-refractivity contribution in [2.24, 2.45) is 17.8 Å². The zero-order valence-electron chi connectivity index (χ0n) is 14.2. The lowest BCUT2D eigenvalue weighted by molar-refractivity contribution is 0.290. The maximum absolute atomic E-state index is 4.02. The van der Waals surface area contributed by atoms with Crippen LogP contribution in [0.2, 0.25) is 0 Å². The fraction of sp³-hybridized carbons (Fsp3) is 1.00. The van der Waals surface area contributed by atoms with Gasteiger partial charge in [-0.15, -0.1) is 0 Å². The van der Waals surface area contributed by atoms with E-state index in [1.807, 2.05) is 0 Å². The zero-order chi connectivity index (χ0) is 14.4.